The van der Waals surface area contributed by atoms with Crippen molar-refractivity contribution >= 4 is 23.6 Å². The molecule has 0 radical (unpaired) electrons. The van der Waals surface area contributed by atoms with E-state index in [1.807, 2.05) is 30.3 Å². The second-order valence-corrected chi connectivity index (χ2v) is 5.58. The van der Waals surface area contributed by atoms with Gasteiger partial charge in [-0.1, -0.05) is 30.3 Å². The molecule has 0 saturated heterocycles. The molecular weight excluding hydrogens is 288 g/mol. The average molecular weight is 311 g/mol. The van der Waals surface area contributed by atoms with Gasteiger partial charge in [0, 0.05) is 6.54 Å². The van der Waals surface area contributed by atoms with Crippen LogP contribution in [-0.4, -0.2) is 42.6 Å². The summed E-state index contributed by atoms with van der Waals surface area (Å²) in [4.78, 5) is 23.0. The monoisotopic (exact) mass is 311 g/mol. The standard InChI is InChI=1S/C15H22N2O3S/c1-2-20-15(19)13(16)10-21-11-14(18)17-9-8-12-6-4-3-5-7-12/h3-7,13H,2,8-11,16H2,1H3,(H,17,18)/p+1. The first-order valence-corrected chi connectivity index (χ1v) is 8.17. The van der Waals surface area contributed by atoms with Crippen molar-refractivity contribution in [1.29, 1.82) is 0 Å². The SMILES string of the molecule is CCOC(=O)C([NH3+])CSCC(=O)NCCc1ccccc1. The van der Waals surface area contributed by atoms with Gasteiger partial charge >= 0.3 is 5.97 Å². The number of carbonyl (C=O) groups is 2. The fraction of sp³-hybridized carbons (Fsp3) is 0.467. The van der Waals surface area contributed by atoms with Crippen molar-refractivity contribution in [1.82, 2.24) is 5.32 Å². The van der Waals surface area contributed by atoms with Crippen molar-refractivity contribution in [2.75, 3.05) is 24.7 Å². The predicted octanol–water partition coefficient (Wildman–Crippen LogP) is 0.252. The van der Waals surface area contributed by atoms with Gasteiger partial charge in [0.25, 0.3) is 0 Å². The van der Waals surface area contributed by atoms with Crippen molar-refractivity contribution in [3.63, 3.8) is 0 Å². The summed E-state index contributed by atoms with van der Waals surface area (Å²) in [7, 11) is 0. The molecule has 4 N–H and O–H groups in total. The van der Waals surface area contributed by atoms with E-state index in [-0.39, 0.29) is 11.9 Å². The summed E-state index contributed by atoms with van der Waals surface area (Å²) in [6.07, 6.45) is 0.817. The number of hydrogen-bond acceptors (Lipinski definition) is 4. The lowest BCUT2D eigenvalue weighted by atomic mass is 10.1. The van der Waals surface area contributed by atoms with Gasteiger partial charge in [-0.15, -0.1) is 11.8 Å². The molecule has 0 aromatic heterocycles. The number of rotatable bonds is 9. The summed E-state index contributed by atoms with van der Waals surface area (Å²) in [5.41, 5.74) is 4.93. The highest BCUT2D eigenvalue weighted by atomic mass is 32.2. The van der Waals surface area contributed by atoms with Crippen LogP contribution in [0.4, 0.5) is 0 Å². The zero-order valence-electron chi connectivity index (χ0n) is 12.3. The lowest BCUT2D eigenvalue weighted by Gasteiger charge is -2.08. The van der Waals surface area contributed by atoms with Crippen LogP contribution in [0.5, 0.6) is 0 Å². The van der Waals surface area contributed by atoms with E-state index in [0.717, 1.165) is 6.42 Å². The molecule has 1 rings (SSSR count). The van der Waals surface area contributed by atoms with E-state index in [1.54, 1.807) is 6.92 Å². The van der Waals surface area contributed by atoms with E-state index in [2.05, 4.69) is 11.1 Å². The van der Waals surface area contributed by atoms with E-state index in [4.69, 9.17) is 4.74 Å². The first-order chi connectivity index (χ1) is 10.1. The molecule has 0 spiro atoms. The summed E-state index contributed by atoms with van der Waals surface area (Å²) in [5, 5.41) is 2.86. The van der Waals surface area contributed by atoms with E-state index < -0.39 is 6.04 Å². The Morgan fingerprint density at radius 1 is 1.33 bits per heavy atom. The minimum atomic E-state index is -0.424. The molecule has 0 aliphatic rings. The summed E-state index contributed by atoms with van der Waals surface area (Å²) < 4.78 is 4.86. The smallest absolute Gasteiger partial charge is 0.365 e. The van der Waals surface area contributed by atoms with Gasteiger partial charge in [0.15, 0.2) is 6.04 Å². The number of ether oxygens (including phenoxy) is 1. The highest BCUT2D eigenvalue weighted by Crippen LogP contribution is 2.02. The maximum Gasteiger partial charge on any atom is 0.365 e. The lowest BCUT2D eigenvalue weighted by molar-refractivity contribution is -0.401. The Labute approximate surface area is 129 Å². The molecule has 1 aromatic rings. The van der Waals surface area contributed by atoms with Gasteiger partial charge < -0.3 is 15.8 Å². The molecule has 1 unspecified atom stereocenters. The number of thioether (sulfide) groups is 1. The van der Waals surface area contributed by atoms with E-state index >= 15 is 0 Å². The number of esters is 1. The Morgan fingerprint density at radius 3 is 2.71 bits per heavy atom. The van der Waals surface area contributed by atoms with Crippen molar-refractivity contribution in [3.8, 4) is 0 Å². The molecule has 0 saturated carbocycles. The minimum Gasteiger partial charge on any atom is -0.462 e. The van der Waals surface area contributed by atoms with Crippen LogP contribution in [0, 0.1) is 0 Å². The van der Waals surface area contributed by atoms with Gasteiger partial charge in [0.1, 0.15) is 0 Å². The molecule has 1 atom stereocenters. The molecule has 6 heteroatoms. The number of amides is 1. The average Bonchev–Trinajstić information content (AvgIpc) is 2.48. The molecule has 116 valence electrons. The molecule has 21 heavy (non-hydrogen) atoms. The summed E-state index contributed by atoms with van der Waals surface area (Å²) in [5.74, 6) is 0.493. The Kier molecular flexibility index (Phi) is 8.54. The summed E-state index contributed by atoms with van der Waals surface area (Å²) >= 11 is 1.39. The highest BCUT2D eigenvalue weighted by molar-refractivity contribution is 8.00. The third kappa shape index (κ3) is 7.72. The van der Waals surface area contributed by atoms with Crippen LogP contribution >= 0.6 is 11.8 Å². The molecule has 0 aliphatic carbocycles. The van der Waals surface area contributed by atoms with Crippen LogP contribution in [0.3, 0.4) is 0 Å². The zero-order chi connectivity index (χ0) is 15.5. The largest absolute Gasteiger partial charge is 0.462 e. The Bertz CT molecular complexity index is 440. The predicted molar refractivity (Wildman–Crippen MR) is 83.8 cm³/mol. The highest BCUT2D eigenvalue weighted by Gasteiger charge is 2.18. The van der Waals surface area contributed by atoms with Gasteiger partial charge in [-0.05, 0) is 18.9 Å². The molecule has 0 bridgehead atoms. The molecule has 0 heterocycles. The molecule has 0 fully saturated rings. The van der Waals surface area contributed by atoms with Gasteiger partial charge in [-0.2, -0.15) is 0 Å². The van der Waals surface area contributed by atoms with Crippen molar-refractivity contribution in [2.24, 2.45) is 0 Å². The number of hydrogen-bond donors (Lipinski definition) is 2. The first kappa shape index (κ1) is 17.5. The van der Waals surface area contributed by atoms with Crippen LogP contribution in [0.2, 0.25) is 0 Å². The minimum absolute atomic E-state index is 0.0213. The van der Waals surface area contributed by atoms with Crippen molar-refractivity contribution in [2.45, 2.75) is 19.4 Å². The summed E-state index contributed by atoms with van der Waals surface area (Å²) in [6.45, 7) is 2.74. The van der Waals surface area contributed by atoms with Crippen LogP contribution in [-0.2, 0) is 20.7 Å². The van der Waals surface area contributed by atoms with E-state index in [0.29, 0.717) is 24.7 Å². The normalized spacial score (nSPS) is 11.7. The van der Waals surface area contributed by atoms with Crippen molar-refractivity contribution in [3.05, 3.63) is 35.9 Å². The number of carbonyl (C=O) groups excluding carboxylic acids is 2. The molecule has 1 aromatic carbocycles. The van der Waals surface area contributed by atoms with Crippen LogP contribution < -0.4 is 11.1 Å². The van der Waals surface area contributed by atoms with Gasteiger partial charge in [-0.3, -0.25) is 4.79 Å². The fourth-order valence-electron chi connectivity index (χ4n) is 1.66. The summed E-state index contributed by atoms with van der Waals surface area (Å²) in [6, 6.07) is 9.58. The van der Waals surface area contributed by atoms with Gasteiger partial charge in [0.2, 0.25) is 5.91 Å². The lowest BCUT2D eigenvalue weighted by Crippen LogP contribution is -2.66. The second-order valence-electron chi connectivity index (χ2n) is 4.55. The number of nitrogens with one attached hydrogen (secondary N) is 1. The Hall–Kier alpha value is -1.53. The van der Waals surface area contributed by atoms with E-state index in [1.165, 1.54) is 17.3 Å². The van der Waals surface area contributed by atoms with E-state index in [9.17, 15) is 9.59 Å². The van der Waals surface area contributed by atoms with Crippen LogP contribution in [0.15, 0.2) is 30.3 Å². The fourth-order valence-corrected chi connectivity index (χ4v) is 2.49. The van der Waals surface area contributed by atoms with Crippen LogP contribution in [0.1, 0.15) is 12.5 Å². The maximum atomic E-state index is 11.6. The first-order valence-electron chi connectivity index (χ1n) is 7.01. The molecular formula is C15H23N2O3S+. The third-order valence-corrected chi connectivity index (χ3v) is 3.86. The number of quaternary nitrogens is 1. The second kappa shape index (κ2) is 10.2. The zero-order valence-corrected chi connectivity index (χ0v) is 13.2. The third-order valence-electron chi connectivity index (χ3n) is 2.75. The number of benzene rings is 1. The Morgan fingerprint density at radius 2 is 2.05 bits per heavy atom. The molecule has 1 amide bonds. The molecule has 0 aliphatic heterocycles. The van der Waals surface area contributed by atoms with Gasteiger partial charge in [-0.25, -0.2) is 4.79 Å². The quantitative estimate of drug-likeness (QED) is 0.641. The Balaban J connectivity index is 2.10. The van der Waals surface area contributed by atoms with Crippen LogP contribution in [0.25, 0.3) is 0 Å². The maximum absolute atomic E-state index is 11.6. The topological polar surface area (TPSA) is 83.0 Å². The molecule has 5 nitrogen and oxygen atoms in total. The van der Waals surface area contributed by atoms with Gasteiger partial charge in [0.05, 0.1) is 18.1 Å². The van der Waals surface area contributed by atoms with Crippen molar-refractivity contribution < 1.29 is 20.1 Å².